The minimum absolute atomic E-state index is 0.230. The number of anilines is 1. The average molecular weight is 288 g/mol. The first-order chi connectivity index (χ1) is 9.56. The van der Waals surface area contributed by atoms with E-state index in [9.17, 15) is 9.59 Å². The maximum atomic E-state index is 12.0. The molecule has 0 radical (unpaired) electrons. The molecule has 2 N–H and O–H groups in total. The van der Waals surface area contributed by atoms with E-state index in [1.54, 1.807) is 19.1 Å². The Morgan fingerprint density at radius 3 is 2.65 bits per heavy atom. The van der Waals surface area contributed by atoms with E-state index in [1.807, 2.05) is 36.6 Å². The maximum absolute atomic E-state index is 12.0. The van der Waals surface area contributed by atoms with Gasteiger partial charge in [0.1, 0.15) is 6.04 Å². The van der Waals surface area contributed by atoms with Crippen LogP contribution in [0.3, 0.4) is 0 Å². The van der Waals surface area contributed by atoms with Gasteiger partial charge >= 0.3 is 0 Å². The fourth-order valence-electron chi connectivity index (χ4n) is 1.71. The van der Waals surface area contributed by atoms with Gasteiger partial charge in [-0.3, -0.25) is 9.59 Å². The molecular formula is C15H16N2O2S. The van der Waals surface area contributed by atoms with Gasteiger partial charge in [0, 0.05) is 5.69 Å². The highest BCUT2D eigenvalue weighted by Gasteiger charge is 2.17. The molecule has 0 aliphatic heterocycles. The quantitative estimate of drug-likeness (QED) is 0.909. The van der Waals surface area contributed by atoms with E-state index in [0.29, 0.717) is 4.88 Å². The lowest BCUT2D eigenvalue weighted by atomic mass is 10.2. The van der Waals surface area contributed by atoms with Crippen LogP contribution in [0, 0.1) is 6.92 Å². The van der Waals surface area contributed by atoms with E-state index in [1.165, 1.54) is 11.3 Å². The number of thiophene rings is 1. The number of carbonyl (C=O) groups is 2. The van der Waals surface area contributed by atoms with Gasteiger partial charge in [0.15, 0.2) is 0 Å². The Kier molecular flexibility index (Phi) is 4.53. The molecule has 1 aromatic carbocycles. The van der Waals surface area contributed by atoms with Crippen LogP contribution in [-0.2, 0) is 4.79 Å². The summed E-state index contributed by atoms with van der Waals surface area (Å²) >= 11 is 1.35. The van der Waals surface area contributed by atoms with E-state index >= 15 is 0 Å². The molecule has 0 saturated carbocycles. The van der Waals surface area contributed by atoms with Crippen LogP contribution < -0.4 is 10.6 Å². The van der Waals surface area contributed by atoms with Crippen LogP contribution in [0.1, 0.15) is 22.2 Å². The van der Waals surface area contributed by atoms with Crippen molar-refractivity contribution in [1.82, 2.24) is 5.32 Å². The van der Waals surface area contributed by atoms with Gasteiger partial charge in [-0.2, -0.15) is 0 Å². The summed E-state index contributed by atoms with van der Waals surface area (Å²) in [6.45, 7) is 3.62. The van der Waals surface area contributed by atoms with Crippen LogP contribution in [0.25, 0.3) is 0 Å². The number of hydrogen-bond donors (Lipinski definition) is 2. The smallest absolute Gasteiger partial charge is 0.261 e. The Morgan fingerprint density at radius 2 is 2.00 bits per heavy atom. The monoisotopic (exact) mass is 288 g/mol. The fourth-order valence-corrected chi connectivity index (χ4v) is 2.34. The van der Waals surface area contributed by atoms with Crippen LogP contribution in [0.5, 0.6) is 0 Å². The molecule has 1 atom stereocenters. The van der Waals surface area contributed by atoms with Crippen molar-refractivity contribution in [1.29, 1.82) is 0 Å². The molecule has 2 rings (SSSR count). The molecule has 20 heavy (non-hydrogen) atoms. The minimum atomic E-state index is -0.592. The number of carbonyl (C=O) groups excluding carboxylic acids is 2. The van der Waals surface area contributed by atoms with Gasteiger partial charge < -0.3 is 10.6 Å². The summed E-state index contributed by atoms with van der Waals surface area (Å²) in [6, 6.07) is 10.5. The summed E-state index contributed by atoms with van der Waals surface area (Å²) < 4.78 is 0. The van der Waals surface area contributed by atoms with E-state index < -0.39 is 6.04 Å². The summed E-state index contributed by atoms with van der Waals surface area (Å²) in [7, 11) is 0. The lowest BCUT2D eigenvalue weighted by Gasteiger charge is -2.13. The maximum Gasteiger partial charge on any atom is 0.261 e. The highest BCUT2D eigenvalue weighted by Crippen LogP contribution is 2.11. The first-order valence-electron chi connectivity index (χ1n) is 6.28. The third-order valence-corrected chi connectivity index (χ3v) is 3.64. The molecule has 1 heterocycles. The Morgan fingerprint density at radius 1 is 1.20 bits per heavy atom. The number of rotatable bonds is 4. The van der Waals surface area contributed by atoms with Gasteiger partial charge in [0.05, 0.1) is 4.88 Å². The highest BCUT2D eigenvalue weighted by molar-refractivity contribution is 7.12. The lowest BCUT2D eigenvalue weighted by molar-refractivity contribution is -0.117. The number of hydrogen-bond acceptors (Lipinski definition) is 3. The standard InChI is InChI=1S/C15H16N2O2S/c1-10-5-3-6-12(9-10)17-14(18)11(2)16-15(19)13-7-4-8-20-13/h3-9,11H,1-2H3,(H,16,19)(H,17,18)/t11-/m0/s1. The second-order valence-electron chi connectivity index (χ2n) is 4.53. The first-order valence-corrected chi connectivity index (χ1v) is 7.16. The molecule has 0 saturated heterocycles. The van der Waals surface area contributed by atoms with Crippen LogP contribution in [0.2, 0.25) is 0 Å². The van der Waals surface area contributed by atoms with Gasteiger partial charge in [-0.25, -0.2) is 0 Å². The van der Waals surface area contributed by atoms with Gasteiger partial charge in [0.25, 0.3) is 5.91 Å². The van der Waals surface area contributed by atoms with E-state index in [0.717, 1.165) is 11.3 Å². The van der Waals surface area contributed by atoms with Crippen LogP contribution in [0.15, 0.2) is 41.8 Å². The summed E-state index contributed by atoms with van der Waals surface area (Å²) in [5.41, 5.74) is 1.80. The van der Waals surface area contributed by atoms with Crippen LogP contribution in [-0.4, -0.2) is 17.9 Å². The average Bonchev–Trinajstić information content (AvgIpc) is 2.92. The van der Waals surface area contributed by atoms with Crippen LogP contribution in [0.4, 0.5) is 5.69 Å². The number of amides is 2. The van der Waals surface area contributed by atoms with E-state index in [-0.39, 0.29) is 11.8 Å². The zero-order valence-corrected chi connectivity index (χ0v) is 12.2. The van der Waals surface area contributed by atoms with Crippen molar-refractivity contribution >= 4 is 28.8 Å². The minimum Gasteiger partial charge on any atom is -0.340 e. The summed E-state index contributed by atoms with van der Waals surface area (Å²) in [6.07, 6.45) is 0. The van der Waals surface area contributed by atoms with Crippen molar-refractivity contribution in [3.63, 3.8) is 0 Å². The Hall–Kier alpha value is -2.14. The van der Waals surface area contributed by atoms with Crippen molar-refractivity contribution in [3.8, 4) is 0 Å². The van der Waals surface area contributed by atoms with Crippen molar-refractivity contribution < 1.29 is 9.59 Å². The molecule has 0 aliphatic rings. The molecule has 2 aromatic rings. The van der Waals surface area contributed by atoms with E-state index in [4.69, 9.17) is 0 Å². The topological polar surface area (TPSA) is 58.2 Å². The Balaban J connectivity index is 1.94. The van der Waals surface area contributed by atoms with E-state index in [2.05, 4.69) is 10.6 Å². The zero-order valence-electron chi connectivity index (χ0n) is 11.3. The molecule has 0 bridgehead atoms. The third kappa shape index (κ3) is 3.68. The number of nitrogens with one attached hydrogen (secondary N) is 2. The molecule has 5 heteroatoms. The second kappa shape index (κ2) is 6.34. The molecule has 0 spiro atoms. The highest BCUT2D eigenvalue weighted by atomic mass is 32.1. The second-order valence-corrected chi connectivity index (χ2v) is 5.48. The van der Waals surface area contributed by atoms with Gasteiger partial charge in [-0.1, -0.05) is 18.2 Å². The predicted octanol–water partition coefficient (Wildman–Crippen LogP) is 2.81. The Labute approximate surface area is 121 Å². The lowest BCUT2D eigenvalue weighted by Crippen LogP contribution is -2.41. The van der Waals surface area contributed by atoms with Gasteiger partial charge in [-0.05, 0) is 43.0 Å². The predicted molar refractivity (Wildman–Crippen MR) is 81.1 cm³/mol. The van der Waals surface area contributed by atoms with Crippen molar-refractivity contribution in [2.24, 2.45) is 0 Å². The van der Waals surface area contributed by atoms with Crippen molar-refractivity contribution in [2.45, 2.75) is 19.9 Å². The zero-order chi connectivity index (χ0) is 14.5. The fraction of sp³-hybridized carbons (Fsp3) is 0.200. The third-order valence-electron chi connectivity index (χ3n) is 2.77. The normalized spacial score (nSPS) is 11.7. The van der Waals surface area contributed by atoms with Crippen LogP contribution >= 0.6 is 11.3 Å². The molecule has 2 amide bonds. The Bertz CT molecular complexity index is 608. The number of aryl methyl sites for hydroxylation is 1. The molecule has 4 nitrogen and oxygen atoms in total. The first kappa shape index (κ1) is 14.3. The van der Waals surface area contributed by atoms with Gasteiger partial charge in [0.2, 0.25) is 5.91 Å². The molecule has 1 aromatic heterocycles. The summed E-state index contributed by atoms with van der Waals surface area (Å²) in [4.78, 5) is 24.5. The molecule has 0 fully saturated rings. The molecular weight excluding hydrogens is 272 g/mol. The molecule has 104 valence electrons. The van der Waals surface area contributed by atoms with Crippen molar-refractivity contribution in [2.75, 3.05) is 5.32 Å². The summed E-state index contributed by atoms with van der Waals surface area (Å²) in [5.74, 6) is -0.465. The molecule has 0 aliphatic carbocycles. The largest absolute Gasteiger partial charge is 0.340 e. The number of benzene rings is 1. The van der Waals surface area contributed by atoms with Gasteiger partial charge in [-0.15, -0.1) is 11.3 Å². The van der Waals surface area contributed by atoms with Crippen molar-refractivity contribution in [3.05, 3.63) is 52.2 Å². The molecule has 0 unspecified atom stereocenters. The summed E-state index contributed by atoms with van der Waals surface area (Å²) in [5, 5.41) is 7.29. The SMILES string of the molecule is Cc1cccc(NC(=O)[C@H](C)NC(=O)c2cccs2)c1.